The van der Waals surface area contributed by atoms with Gasteiger partial charge in [0.1, 0.15) is 0 Å². The van der Waals surface area contributed by atoms with Crippen LogP contribution in [0.5, 0.6) is 0 Å². The summed E-state index contributed by atoms with van der Waals surface area (Å²) in [5, 5.41) is 8.63. The van der Waals surface area contributed by atoms with Crippen LogP contribution in [-0.4, -0.2) is 35.1 Å². The molecule has 0 unspecified atom stereocenters. The lowest BCUT2D eigenvalue weighted by molar-refractivity contribution is -0.131. The van der Waals surface area contributed by atoms with Crippen molar-refractivity contribution in [3.8, 4) is 0 Å². The molecule has 2 aliphatic rings. The molecule has 2 atom stereocenters. The van der Waals surface area contributed by atoms with Crippen LogP contribution in [0.3, 0.4) is 0 Å². The second-order valence-corrected chi connectivity index (χ2v) is 4.10. The minimum Gasteiger partial charge on any atom is -0.478 e. The fraction of sp³-hybridized carbons (Fsp3) is 0.700. The van der Waals surface area contributed by atoms with Gasteiger partial charge in [-0.15, -0.1) is 0 Å². The van der Waals surface area contributed by atoms with Crippen molar-refractivity contribution in [3.05, 3.63) is 11.6 Å². The molecule has 0 aromatic carbocycles. The largest absolute Gasteiger partial charge is 0.478 e. The zero-order valence-electron chi connectivity index (χ0n) is 7.86. The molecule has 2 rings (SSSR count). The Balaban J connectivity index is 2.11. The van der Waals surface area contributed by atoms with Crippen LogP contribution in [0.15, 0.2) is 11.6 Å². The van der Waals surface area contributed by atoms with E-state index in [1.54, 1.807) is 0 Å². The normalized spacial score (nSPS) is 36.8. The summed E-state index contributed by atoms with van der Waals surface area (Å²) in [5.74, 6) is -0.793. The van der Waals surface area contributed by atoms with Crippen molar-refractivity contribution in [2.75, 3.05) is 7.05 Å². The standard InChI is InChI=1S/C10H15NO2/c1-11-8-2-3-9(11)5-7(4-8)6-10(12)13/h6,8-9H,2-5H2,1H3,(H,12,13)/t8-,9+. The van der Waals surface area contributed by atoms with Crippen molar-refractivity contribution >= 4 is 5.97 Å². The number of nitrogens with zero attached hydrogens (tertiary/aromatic N) is 1. The van der Waals surface area contributed by atoms with Crippen molar-refractivity contribution in [1.82, 2.24) is 4.90 Å². The lowest BCUT2D eigenvalue weighted by atomic mass is 9.97. The van der Waals surface area contributed by atoms with E-state index in [4.69, 9.17) is 5.11 Å². The van der Waals surface area contributed by atoms with Gasteiger partial charge in [0.15, 0.2) is 0 Å². The monoisotopic (exact) mass is 181 g/mol. The Morgan fingerprint density at radius 3 is 2.46 bits per heavy atom. The first-order valence-electron chi connectivity index (χ1n) is 4.81. The first kappa shape index (κ1) is 8.75. The fourth-order valence-corrected chi connectivity index (χ4v) is 2.56. The molecule has 3 heteroatoms. The number of carbonyl (C=O) groups is 1. The molecule has 2 bridgehead atoms. The third-order valence-electron chi connectivity index (χ3n) is 3.31. The van der Waals surface area contributed by atoms with Crippen LogP contribution < -0.4 is 0 Å². The topological polar surface area (TPSA) is 40.5 Å². The maximum Gasteiger partial charge on any atom is 0.328 e. The molecule has 0 radical (unpaired) electrons. The summed E-state index contributed by atoms with van der Waals surface area (Å²) in [6.07, 6.45) is 5.78. The number of aliphatic carboxylic acids is 1. The number of hydrogen-bond donors (Lipinski definition) is 1. The Hall–Kier alpha value is -0.830. The highest BCUT2D eigenvalue weighted by molar-refractivity contribution is 5.80. The van der Waals surface area contributed by atoms with Crippen LogP contribution in [0.1, 0.15) is 25.7 Å². The lowest BCUT2D eigenvalue weighted by Gasteiger charge is -2.32. The van der Waals surface area contributed by atoms with E-state index in [9.17, 15) is 4.79 Å². The minimum absolute atomic E-state index is 0.601. The first-order valence-corrected chi connectivity index (χ1v) is 4.81. The number of carboxylic acids is 1. The Morgan fingerprint density at radius 1 is 1.46 bits per heavy atom. The summed E-state index contributed by atoms with van der Waals surface area (Å²) in [6, 6.07) is 1.20. The summed E-state index contributed by atoms with van der Waals surface area (Å²) >= 11 is 0. The van der Waals surface area contributed by atoms with Gasteiger partial charge >= 0.3 is 5.97 Å². The van der Waals surface area contributed by atoms with E-state index >= 15 is 0 Å². The Bertz CT molecular complexity index is 244. The Kier molecular flexibility index (Phi) is 2.12. The van der Waals surface area contributed by atoms with Gasteiger partial charge in [-0.25, -0.2) is 4.79 Å². The Labute approximate surface area is 78.0 Å². The number of fused-ring (bicyclic) bond motifs is 2. The molecule has 0 amide bonds. The molecular formula is C10H15NO2. The second-order valence-electron chi connectivity index (χ2n) is 4.10. The molecule has 2 saturated heterocycles. The number of hydrogen-bond acceptors (Lipinski definition) is 2. The van der Waals surface area contributed by atoms with Crippen molar-refractivity contribution in [2.24, 2.45) is 0 Å². The van der Waals surface area contributed by atoms with Gasteiger partial charge < -0.3 is 5.11 Å². The number of piperidine rings is 1. The highest BCUT2D eigenvalue weighted by Gasteiger charge is 2.35. The molecule has 0 aromatic heterocycles. The van der Waals surface area contributed by atoms with Gasteiger partial charge in [0.2, 0.25) is 0 Å². The molecule has 72 valence electrons. The van der Waals surface area contributed by atoms with E-state index in [-0.39, 0.29) is 0 Å². The molecule has 1 N–H and O–H groups in total. The molecule has 0 spiro atoms. The van der Waals surface area contributed by atoms with Gasteiger partial charge in [0.25, 0.3) is 0 Å². The van der Waals surface area contributed by atoms with Gasteiger partial charge in [-0.2, -0.15) is 0 Å². The molecule has 2 aliphatic heterocycles. The zero-order chi connectivity index (χ0) is 9.42. The molecule has 2 fully saturated rings. The molecule has 3 nitrogen and oxygen atoms in total. The predicted octanol–water partition coefficient (Wildman–Crippen LogP) is 1.25. The summed E-state index contributed by atoms with van der Waals surface area (Å²) in [4.78, 5) is 12.9. The van der Waals surface area contributed by atoms with Crippen molar-refractivity contribution < 1.29 is 9.90 Å². The SMILES string of the molecule is CN1[C@@H]2CC[C@H]1CC(=CC(=O)O)C2. The van der Waals surface area contributed by atoms with Gasteiger partial charge in [0, 0.05) is 18.2 Å². The molecular weight excluding hydrogens is 166 g/mol. The minimum atomic E-state index is -0.793. The summed E-state index contributed by atoms with van der Waals surface area (Å²) in [7, 11) is 2.15. The van der Waals surface area contributed by atoms with E-state index in [2.05, 4.69) is 11.9 Å². The third kappa shape index (κ3) is 1.61. The highest BCUT2D eigenvalue weighted by Crippen LogP contribution is 2.36. The molecule has 0 aromatic rings. The lowest BCUT2D eigenvalue weighted by Crippen LogP contribution is -2.37. The van der Waals surface area contributed by atoms with Crippen molar-refractivity contribution in [3.63, 3.8) is 0 Å². The van der Waals surface area contributed by atoms with Crippen LogP contribution in [0.2, 0.25) is 0 Å². The van der Waals surface area contributed by atoms with Crippen LogP contribution in [-0.2, 0) is 4.79 Å². The highest BCUT2D eigenvalue weighted by atomic mass is 16.4. The van der Waals surface area contributed by atoms with Crippen molar-refractivity contribution in [2.45, 2.75) is 37.8 Å². The van der Waals surface area contributed by atoms with E-state index in [1.165, 1.54) is 18.9 Å². The zero-order valence-corrected chi connectivity index (χ0v) is 7.86. The molecule has 0 aliphatic carbocycles. The van der Waals surface area contributed by atoms with E-state index < -0.39 is 5.97 Å². The first-order chi connectivity index (χ1) is 6.16. The average molecular weight is 181 g/mol. The number of carboxylic acid groups (broad SMARTS) is 1. The maximum absolute atomic E-state index is 10.5. The average Bonchev–Trinajstić information content (AvgIpc) is 2.33. The van der Waals surface area contributed by atoms with Crippen LogP contribution >= 0.6 is 0 Å². The molecule has 2 heterocycles. The van der Waals surface area contributed by atoms with E-state index in [1.807, 2.05) is 0 Å². The van der Waals surface area contributed by atoms with Crippen LogP contribution in [0, 0.1) is 0 Å². The van der Waals surface area contributed by atoms with Gasteiger partial charge in [-0.3, -0.25) is 4.90 Å². The van der Waals surface area contributed by atoms with Crippen molar-refractivity contribution in [1.29, 1.82) is 0 Å². The third-order valence-corrected chi connectivity index (χ3v) is 3.31. The summed E-state index contributed by atoms with van der Waals surface area (Å²) in [5.41, 5.74) is 1.12. The summed E-state index contributed by atoms with van der Waals surface area (Å²) < 4.78 is 0. The maximum atomic E-state index is 10.5. The summed E-state index contributed by atoms with van der Waals surface area (Å²) in [6.45, 7) is 0. The number of rotatable bonds is 1. The van der Waals surface area contributed by atoms with E-state index in [0.29, 0.717) is 12.1 Å². The fourth-order valence-electron chi connectivity index (χ4n) is 2.56. The quantitative estimate of drug-likeness (QED) is 0.619. The van der Waals surface area contributed by atoms with Gasteiger partial charge in [0.05, 0.1) is 0 Å². The van der Waals surface area contributed by atoms with Gasteiger partial charge in [-0.05, 0) is 32.7 Å². The Morgan fingerprint density at radius 2 is 2.00 bits per heavy atom. The smallest absolute Gasteiger partial charge is 0.328 e. The van der Waals surface area contributed by atoms with Gasteiger partial charge in [-0.1, -0.05) is 5.57 Å². The molecule has 0 saturated carbocycles. The van der Waals surface area contributed by atoms with E-state index in [0.717, 1.165) is 18.4 Å². The predicted molar refractivity (Wildman–Crippen MR) is 49.5 cm³/mol. The van der Waals surface area contributed by atoms with Crippen LogP contribution in [0.25, 0.3) is 0 Å². The second kappa shape index (κ2) is 3.14. The van der Waals surface area contributed by atoms with Crippen LogP contribution in [0.4, 0.5) is 0 Å². The molecule has 13 heavy (non-hydrogen) atoms.